The van der Waals surface area contributed by atoms with Crippen LogP contribution in [0.3, 0.4) is 0 Å². The zero-order chi connectivity index (χ0) is 8.39. The van der Waals surface area contributed by atoms with Crippen LogP contribution in [0.5, 0.6) is 0 Å². The van der Waals surface area contributed by atoms with Crippen LogP contribution in [-0.2, 0) is 4.84 Å². The Bertz CT molecular complexity index is 151. The summed E-state index contributed by atoms with van der Waals surface area (Å²) in [7, 11) is 0. The molecule has 2 rings (SSSR count). The van der Waals surface area contributed by atoms with Crippen LogP contribution in [-0.4, -0.2) is 36.7 Å². The lowest BCUT2D eigenvalue weighted by Gasteiger charge is -2.20. The van der Waals surface area contributed by atoms with E-state index in [9.17, 15) is 0 Å². The number of fused-ring (bicyclic) bond motifs is 1. The largest absolute Gasteiger partial charge is 0.302 e. The van der Waals surface area contributed by atoms with Crippen molar-refractivity contribution in [1.29, 1.82) is 0 Å². The van der Waals surface area contributed by atoms with E-state index < -0.39 is 0 Å². The van der Waals surface area contributed by atoms with Crippen molar-refractivity contribution in [3.05, 3.63) is 0 Å². The van der Waals surface area contributed by atoms with Gasteiger partial charge < -0.3 is 4.84 Å². The van der Waals surface area contributed by atoms with E-state index in [1.54, 1.807) is 0 Å². The minimum absolute atomic E-state index is 0.590. The molecule has 0 saturated carbocycles. The van der Waals surface area contributed by atoms with Gasteiger partial charge in [0.2, 0.25) is 0 Å². The molecule has 0 aromatic carbocycles. The van der Waals surface area contributed by atoms with Crippen LogP contribution in [0.4, 0.5) is 0 Å². The molecule has 0 aliphatic carbocycles. The van der Waals surface area contributed by atoms with E-state index in [0.717, 1.165) is 12.6 Å². The highest BCUT2D eigenvalue weighted by molar-refractivity contribution is 4.94. The Balaban J connectivity index is 1.83. The van der Waals surface area contributed by atoms with Crippen molar-refractivity contribution in [2.75, 3.05) is 19.7 Å². The van der Waals surface area contributed by atoms with Gasteiger partial charge in [-0.1, -0.05) is 0 Å². The summed E-state index contributed by atoms with van der Waals surface area (Å²) in [5.74, 6) is 0. The van der Waals surface area contributed by atoms with Crippen LogP contribution in [0, 0.1) is 0 Å². The van der Waals surface area contributed by atoms with Crippen molar-refractivity contribution in [3.8, 4) is 0 Å². The van der Waals surface area contributed by atoms with Gasteiger partial charge in [0.05, 0.1) is 6.61 Å². The van der Waals surface area contributed by atoms with E-state index in [1.165, 1.54) is 32.4 Å². The minimum atomic E-state index is 0.590. The quantitative estimate of drug-likeness (QED) is 0.633. The van der Waals surface area contributed by atoms with Gasteiger partial charge in [-0.25, -0.2) is 0 Å². The fourth-order valence-electron chi connectivity index (χ4n) is 2.41. The molecule has 0 aromatic heterocycles. The molecule has 2 aliphatic heterocycles. The molecule has 2 atom stereocenters. The summed E-state index contributed by atoms with van der Waals surface area (Å²) in [5, 5.41) is 0. The molecule has 2 heterocycles. The molecule has 0 spiro atoms. The van der Waals surface area contributed by atoms with E-state index in [1.807, 2.05) is 6.92 Å². The van der Waals surface area contributed by atoms with Gasteiger partial charge in [0.1, 0.15) is 0 Å². The van der Waals surface area contributed by atoms with Crippen LogP contribution in [0.15, 0.2) is 0 Å². The molecule has 0 aromatic rings. The SMILES string of the molecule is CCONC1CCN2CCCC12. The van der Waals surface area contributed by atoms with E-state index in [2.05, 4.69) is 10.4 Å². The second-order valence-corrected chi connectivity index (χ2v) is 3.69. The first-order chi connectivity index (χ1) is 5.92. The van der Waals surface area contributed by atoms with Gasteiger partial charge in [-0.2, -0.15) is 5.48 Å². The van der Waals surface area contributed by atoms with E-state index in [-0.39, 0.29) is 0 Å². The average Bonchev–Trinajstić information content (AvgIpc) is 2.62. The van der Waals surface area contributed by atoms with E-state index in [0.29, 0.717) is 6.04 Å². The number of rotatable bonds is 3. The topological polar surface area (TPSA) is 24.5 Å². The third-order valence-corrected chi connectivity index (χ3v) is 2.99. The molecule has 2 unspecified atom stereocenters. The molecule has 0 amide bonds. The summed E-state index contributed by atoms with van der Waals surface area (Å²) in [4.78, 5) is 7.83. The standard InChI is InChI=1S/C9H18N2O/c1-2-12-10-8-5-7-11-6-3-4-9(8)11/h8-10H,2-7H2,1H3. The van der Waals surface area contributed by atoms with Gasteiger partial charge in [0, 0.05) is 18.6 Å². The maximum Gasteiger partial charge on any atom is 0.0654 e. The van der Waals surface area contributed by atoms with Crippen LogP contribution in [0.2, 0.25) is 0 Å². The summed E-state index contributed by atoms with van der Waals surface area (Å²) in [5.41, 5.74) is 3.16. The van der Waals surface area contributed by atoms with Crippen LogP contribution < -0.4 is 5.48 Å². The number of hydroxylamine groups is 1. The summed E-state index contributed by atoms with van der Waals surface area (Å²) in [6.07, 6.45) is 3.98. The predicted molar refractivity (Wildman–Crippen MR) is 47.8 cm³/mol. The van der Waals surface area contributed by atoms with Crippen molar-refractivity contribution in [1.82, 2.24) is 10.4 Å². The molecule has 1 N–H and O–H groups in total. The highest BCUT2D eigenvalue weighted by Crippen LogP contribution is 2.27. The Morgan fingerprint density at radius 2 is 2.33 bits per heavy atom. The number of hydrogen-bond acceptors (Lipinski definition) is 3. The Morgan fingerprint density at radius 3 is 3.17 bits per heavy atom. The van der Waals surface area contributed by atoms with Gasteiger partial charge in [-0.3, -0.25) is 4.90 Å². The Labute approximate surface area is 74.0 Å². The number of hydrogen-bond donors (Lipinski definition) is 1. The third-order valence-electron chi connectivity index (χ3n) is 2.99. The molecule has 0 radical (unpaired) electrons. The third kappa shape index (κ3) is 1.49. The normalized spacial score (nSPS) is 35.8. The molecule has 2 fully saturated rings. The lowest BCUT2D eigenvalue weighted by molar-refractivity contribution is 0.0179. The van der Waals surface area contributed by atoms with Crippen LogP contribution in [0.1, 0.15) is 26.2 Å². The second kappa shape index (κ2) is 3.73. The zero-order valence-corrected chi connectivity index (χ0v) is 7.75. The Hall–Kier alpha value is -0.120. The molecule has 3 nitrogen and oxygen atoms in total. The fraction of sp³-hybridized carbons (Fsp3) is 1.00. The smallest absolute Gasteiger partial charge is 0.0654 e. The molecule has 70 valence electrons. The van der Waals surface area contributed by atoms with Crippen LogP contribution in [0.25, 0.3) is 0 Å². The molecule has 2 aliphatic rings. The van der Waals surface area contributed by atoms with Crippen molar-refractivity contribution in [2.45, 2.75) is 38.3 Å². The maximum absolute atomic E-state index is 5.25. The molecular weight excluding hydrogens is 152 g/mol. The minimum Gasteiger partial charge on any atom is -0.302 e. The summed E-state index contributed by atoms with van der Waals surface area (Å²) >= 11 is 0. The van der Waals surface area contributed by atoms with E-state index in [4.69, 9.17) is 4.84 Å². The average molecular weight is 170 g/mol. The number of nitrogens with one attached hydrogen (secondary N) is 1. The van der Waals surface area contributed by atoms with Gasteiger partial charge in [-0.05, 0) is 32.7 Å². The Morgan fingerprint density at radius 1 is 1.42 bits per heavy atom. The molecular formula is C9H18N2O. The second-order valence-electron chi connectivity index (χ2n) is 3.69. The lowest BCUT2D eigenvalue weighted by Crippen LogP contribution is -2.39. The predicted octanol–water partition coefficient (Wildman–Crippen LogP) is 0.764. The first-order valence-electron chi connectivity index (χ1n) is 5.03. The molecule has 0 bridgehead atoms. The highest BCUT2D eigenvalue weighted by atomic mass is 16.6. The maximum atomic E-state index is 5.25. The van der Waals surface area contributed by atoms with Crippen molar-refractivity contribution in [3.63, 3.8) is 0 Å². The van der Waals surface area contributed by atoms with Crippen LogP contribution >= 0.6 is 0 Å². The van der Waals surface area contributed by atoms with Gasteiger partial charge in [-0.15, -0.1) is 0 Å². The summed E-state index contributed by atoms with van der Waals surface area (Å²) < 4.78 is 0. The Kier molecular flexibility index (Phi) is 2.63. The van der Waals surface area contributed by atoms with E-state index >= 15 is 0 Å². The zero-order valence-electron chi connectivity index (χ0n) is 7.75. The number of nitrogens with zero attached hydrogens (tertiary/aromatic N) is 1. The van der Waals surface area contributed by atoms with Crippen molar-refractivity contribution in [2.24, 2.45) is 0 Å². The molecule has 12 heavy (non-hydrogen) atoms. The summed E-state index contributed by atoms with van der Waals surface area (Å²) in [6.45, 7) is 5.35. The van der Waals surface area contributed by atoms with Crippen molar-refractivity contribution >= 4 is 0 Å². The first kappa shape index (κ1) is 8.48. The molecule has 3 heteroatoms. The van der Waals surface area contributed by atoms with Gasteiger partial charge in [0.15, 0.2) is 0 Å². The summed E-state index contributed by atoms with van der Waals surface area (Å²) in [6, 6.07) is 1.35. The monoisotopic (exact) mass is 170 g/mol. The molecule has 2 saturated heterocycles. The van der Waals surface area contributed by atoms with Crippen molar-refractivity contribution < 1.29 is 4.84 Å². The fourth-order valence-corrected chi connectivity index (χ4v) is 2.41. The highest BCUT2D eigenvalue weighted by Gasteiger charge is 2.36. The lowest BCUT2D eigenvalue weighted by atomic mass is 10.1. The van der Waals surface area contributed by atoms with Gasteiger partial charge >= 0.3 is 0 Å². The van der Waals surface area contributed by atoms with Gasteiger partial charge in [0.25, 0.3) is 0 Å². The first-order valence-corrected chi connectivity index (χ1v) is 5.03.